The molecule has 106 valence electrons. The first kappa shape index (κ1) is 14.0. The van der Waals surface area contributed by atoms with E-state index in [4.69, 9.17) is 4.74 Å². The number of hydrogen-bond acceptors (Lipinski definition) is 5. The van der Waals surface area contributed by atoms with Crippen molar-refractivity contribution in [1.82, 2.24) is 4.98 Å². The summed E-state index contributed by atoms with van der Waals surface area (Å²) in [7, 11) is 1.40. The van der Waals surface area contributed by atoms with Crippen LogP contribution < -0.4 is 0 Å². The second-order valence-corrected chi connectivity index (χ2v) is 6.59. The average molecular weight is 315 g/mol. The second-order valence-electron chi connectivity index (χ2n) is 4.48. The fraction of sp³-hybridized carbons (Fsp3) is 0.125. The maximum atomic E-state index is 11.6. The Morgan fingerprint density at radius 2 is 2.00 bits per heavy atom. The summed E-state index contributed by atoms with van der Waals surface area (Å²) in [6.45, 7) is 2.00. The highest BCUT2D eigenvalue weighted by atomic mass is 32.1. The quantitative estimate of drug-likeness (QED) is 0.661. The van der Waals surface area contributed by atoms with Crippen LogP contribution in [0.15, 0.2) is 41.8 Å². The summed E-state index contributed by atoms with van der Waals surface area (Å²) in [6, 6.07) is 11.9. The number of benzene rings is 1. The Balaban J connectivity index is 1.97. The van der Waals surface area contributed by atoms with Gasteiger partial charge in [-0.3, -0.25) is 0 Å². The fourth-order valence-corrected chi connectivity index (χ4v) is 3.94. The lowest BCUT2D eigenvalue weighted by atomic mass is 10.2. The Morgan fingerprint density at radius 3 is 2.71 bits per heavy atom. The van der Waals surface area contributed by atoms with Crippen LogP contribution in [0.4, 0.5) is 0 Å². The number of carbonyl (C=O) groups excluding carboxylic acids is 1. The van der Waals surface area contributed by atoms with Crippen LogP contribution in [-0.2, 0) is 4.74 Å². The molecule has 0 saturated heterocycles. The highest BCUT2D eigenvalue weighted by Gasteiger charge is 2.16. The predicted molar refractivity (Wildman–Crippen MR) is 86.9 cm³/mol. The summed E-state index contributed by atoms with van der Waals surface area (Å²) in [5.74, 6) is -0.297. The van der Waals surface area contributed by atoms with Gasteiger partial charge in [0, 0.05) is 21.4 Å². The molecule has 0 bridgehead atoms. The van der Waals surface area contributed by atoms with E-state index >= 15 is 0 Å². The van der Waals surface area contributed by atoms with Crippen LogP contribution in [0.25, 0.3) is 21.8 Å². The minimum atomic E-state index is -0.297. The molecule has 2 aromatic heterocycles. The molecular weight excluding hydrogens is 302 g/mol. The zero-order valence-electron chi connectivity index (χ0n) is 11.6. The van der Waals surface area contributed by atoms with Crippen LogP contribution in [0.5, 0.6) is 0 Å². The van der Waals surface area contributed by atoms with Crippen molar-refractivity contribution in [1.29, 1.82) is 0 Å². The molecule has 0 aliphatic rings. The monoisotopic (exact) mass is 315 g/mol. The Kier molecular flexibility index (Phi) is 3.86. The van der Waals surface area contributed by atoms with E-state index in [9.17, 15) is 4.79 Å². The van der Waals surface area contributed by atoms with Gasteiger partial charge in [0.25, 0.3) is 0 Å². The smallest absolute Gasteiger partial charge is 0.348 e. The van der Waals surface area contributed by atoms with Crippen molar-refractivity contribution in [2.45, 2.75) is 6.92 Å². The van der Waals surface area contributed by atoms with Gasteiger partial charge in [-0.2, -0.15) is 0 Å². The average Bonchev–Trinajstić information content (AvgIpc) is 3.14. The molecule has 0 saturated carbocycles. The zero-order valence-corrected chi connectivity index (χ0v) is 13.3. The number of aryl methyl sites for hydroxylation is 1. The number of thiazole rings is 1. The van der Waals surface area contributed by atoms with Crippen molar-refractivity contribution >= 4 is 28.6 Å². The molecule has 3 rings (SSSR count). The van der Waals surface area contributed by atoms with E-state index < -0.39 is 0 Å². The number of thiophene rings is 1. The lowest BCUT2D eigenvalue weighted by molar-refractivity contribution is 0.0606. The fourth-order valence-electron chi connectivity index (χ4n) is 2.03. The largest absolute Gasteiger partial charge is 0.465 e. The molecule has 0 aliphatic heterocycles. The molecule has 2 heterocycles. The topological polar surface area (TPSA) is 39.2 Å². The number of carbonyl (C=O) groups is 1. The van der Waals surface area contributed by atoms with Gasteiger partial charge in [-0.1, -0.05) is 30.3 Å². The molecular formula is C16H13NO2S2. The molecule has 0 unspecified atom stereocenters. The number of rotatable bonds is 3. The predicted octanol–water partition coefficient (Wildman–Crippen LogP) is 4.63. The van der Waals surface area contributed by atoms with Gasteiger partial charge in [-0.15, -0.1) is 22.7 Å². The van der Waals surface area contributed by atoms with Gasteiger partial charge in [0.1, 0.15) is 9.88 Å². The van der Waals surface area contributed by atoms with E-state index in [1.54, 1.807) is 11.3 Å². The SMILES string of the molecule is COC(=O)c1cc(-c2nc(-c3ccccc3)cs2)c(C)s1. The van der Waals surface area contributed by atoms with Crippen molar-refractivity contribution in [3.63, 3.8) is 0 Å². The van der Waals surface area contributed by atoms with Crippen molar-refractivity contribution < 1.29 is 9.53 Å². The van der Waals surface area contributed by atoms with Gasteiger partial charge in [-0.05, 0) is 13.0 Å². The molecule has 0 fully saturated rings. The van der Waals surface area contributed by atoms with Crippen LogP contribution in [-0.4, -0.2) is 18.1 Å². The van der Waals surface area contributed by atoms with E-state index in [1.165, 1.54) is 18.4 Å². The molecule has 21 heavy (non-hydrogen) atoms. The van der Waals surface area contributed by atoms with E-state index in [0.717, 1.165) is 26.7 Å². The third-order valence-corrected chi connectivity index (χ3v) is 5.01. The van der Waals surface area contributed by atoms with Crippen molar-refractivity contribution in [3.8, 4) is 21.8 Å². The number of esters is 1. The molecule has 3 aromatic rings. The summed E-state index contributed by atoms with van der Waals surface area (Å²) >= 11 is 3.03. The first-order chi connectivity index (χ1) is 10.2. The lowest BCUT2D eigenvalue weighted by Gasteiger charge is -1.95. The maximum Gasteiger partial charge on any atom is 0.348 e. The minimum Gasteiger partial charge on any atom is -0.465 e. The number of ether oxygens (including phenoxy) is 1. The van der Waals surface area contributed by atoms with E-state index in [0.29, 0.717) is 4.88 Å². The Labute approximate surface area is 130 Å². The molecule has 5 heteroatoms. The van der Waals surface area contributed by atoms with Crippen LogP contribution in [0, 0.1) is 6.92 Å². The Bertz CT molecular complexity index is 775. The molecule has 0 amide bonds. The van der Waals surface area contributed by atoms with Crippen LogP contribution in [0.1, 0.15) is 14.5 Å². The Morgan fingerprint density at radius 1 is 1.24 bits per heavy atom. The van der Waals surface area contributed by atoms with E-state index in [1.807, 2.05) is 48.7 Å². The van der Waals surface area contributed by atoms with Gasteiger partial charge >= 0.3 is 5.97 Å². The van der Waals surface area contributed by atoms with Gasteiger partial charge in [-0.25, -0.2) is 9.78 Å². The summed E-state index contributed by atoms with van der Waals surface area (Å²) in [5, 5.41) is 2.97. The third kappa shape index (κ3) is 2.75. The zero-order chi connectivity index (χ0) is 14.8. The third-order valence-electron chi connectivity index (χ3n) is 3.11. The highest BCUT2D eigenvalue weighted by Crippen LogP contribution is 2.35. The highest BCUT2D eigenvalue weighted by molar-refractivity contribution is 7.16. The molecule has 1 aromatic carbocycles. The van der Waals surface area contributed by atoms with E-state index in [2.05, 4.69) is 4.98 Å². The number of aromatic nitrogens is 1. The summed E-state index contributed by atoms with van der Waals surface area (Å²) in [4.78, 5) is 18.0. The second kappa shape index (κ2) is 5.79. The molecule has 3 nitrogen and oxygen atoms in total. The molecule has 0 radical (unpaired) electrons. The van der Waals surface area contributed by atoms with Crippen LogP contribution in [0.2, 0.25) is 0 Å². The normalized spacial score (nSPS) is 10.6. The van der Waals surface area contributed by atoms with Crippen molar-refractivity contribution in [2.24, 2.45) is 0 Å². The number of nitrogens with zero attached hydrogens (tertiary/aromatic N) is 1. The van der Waals surface area contributed by atoms with Gasteiger partial charge in [0.15, 0.2) is 0 Å². The molecule has 0 aliphatic carbocycles. The maximum absolute atomic E-state index is 11.6. The van der Waals surface area contributed by atoms with Crippen molar-refractivity contribution in [2.75, 3.05) is 7.11 Å². The van der Waals surface area contributed by atoms with Gasteiger partial charge in [0.2, 0.25) is 0 Å². The first-order valence-electron chi connectivity index (χ1n) is 6.39. The molecule has 0 spiro atoms. The number of methoxy groups -OCH3 is 1. The molecule has 0 N–H and O–H groups in total. The standard InChI is InChI=1S/C16H13NO2S2/c1-10-12(8-14(21-10)16(18)19-2)15-17-13(9-20-15)11-6-4-3-5-7-11/h3-9H,1-2H3. The number of hydrogen-bond donors (Lipinski definition) is 0. The van der Waals surface area contributed by atoms with Crippen LogP contribution >= 0.6 is 22.7 Å². The summed E-state index contributed by atoms with van der Waals surface area (Å²) < 4.78 is 4.77. The van der Waals surface area contributed by atoms with Crippen LogP contribution in [0.3, 0.4) is 0 Å². The minimum absolute atomic E-state index is 0.297. The molecule has 0 atom stereocenters. The van der Waals surface area contributed by atoms with Crippen molar-refractivity contribution in [3.05, 3.63) is 51.5 Å². The lowest BCUT2D eigenvalue weighted by Crippen LogP contribution is -1.96. The first-order valence-corrected chi connectivity index (χ1v) is 8.08. The van der Waals surface area contributed by atoms with Gasteiger partial charge < -0.3 is 4.74 Å². The van der Waals surface area contributed by atoms with E-state index in [-0.39, 0.29) is 5.97 Å². The summed E-state index contributed by atoms with van der Waals surface area (Å²) in [6.07, 6.45) is 0. The Hall–Kier alpha value is -1.98. The summed E-state index contributed by atoms with van der Waals surface area (Å²) in [5.41, 5.74) is 3.06. The van der Waals surface area contributed by atoms with Gasteiger partial charge in [0.05, 0.1) is 12.8 Å².